The van der Waals surface area contributed by atoms with Gasteiger partial charge in [-0.3, -0.25) is 10.1 Å². The molecule has 0 aromatic heterocycles. The van der Waals surface area contributed by atoms with Crippen molar-refractivity contribution in [2.45, 2.75) is 39.2 Å². The lowest BCUT2D eigenvalue weighted by Gasteiger charge is -2.32. The zero-order valence-corrected chi connectivity index (χ0v) is 11.2. The fourth-order valence-corrected chi connectivity index (χ4v) is 3.04. The van der Waals surface area contributed by atoms with Crippen molar-refractivity contribution in [1.82, 2.24) is 0 Å². The highest BCUT2D eigenvalue weighted by molar-refractivity contribution is 5.52. The van der Waals surface area contributed by atoms with Gasteiger partial charge in [-0.15, -0.1) is 0 Å². The van der Waals surface area contributed by atoms with Crippen LogP contribution in [0.15, 0.2) is 18.2 Å². The van der Waals surface area contributed by atoms with Crippen LogP contribution in [0.5, 0.6) is 0 Å². The van der Waals surface area contributed by atoms with Gasteiger partial charge in [0.25, 0.3) is 0 Å². The number of anilines is 1. The van der Waals surface area contributed by atoms with E-state index < -0.39 is 16.4 Å². The lowest BCUT2D eigenvalue weighted by molar-refractivity contribution is -0.387. The molecule has 1 N–H and O–H groups in total. The number of hydrogen-bond acceptors (Lipinski definition) is 3. The van der Waals surface area contributed by atoms with Crippen LogP contribution >= 0.6 is 0 Å². The Morgan fingerprint density at radius 1 is 1.26 bits per heavy atom. The standard InChI is InChI=1S/C14H19FN2O2/c1-9-5-10(2)7-12(6-9)16-11-3-4-13(15)14(8-11)17(18)19/h3-4,8-10,12,16H,5-7H2,1-2H3. The number of rotatable bonds is 3. The van der Waals surface area contributed by atoms with Crippen molar-refractivity contribution in [3.63, 3.8) is 0 Å². The summed E-state index contributed by atoms with van der Waals surface area (Å²) in [7, 11) is 0. The third-order valence-electron chi connectivity index (χ3n) is 3.69. The van der Waals surface area contributed by atoms with Gasteiger partial charge in [-0.2, -0.15) is 4.39 Å². The molecule has 2 atom stereocenters. The molecule has 1 saturated carbocycles. The van der Waals surface area contributed by atoms with Gasteiger partial charge in [0, 0.05) is 17.8 Å². The van der Waals surface area contributed by atoms with E-state index in [1.165, 1.54) is 12.5 Å². The molecule has 104 valence electrons. The van der Waals surface area contributed by atoms with Crippen LogP contribution in [0.25, 0.3) is 0 Å². The minimum Gasteiger partial charge on any atom is -0.382 e. The van der Waals surface area contributed by atoms with E-state index in [-0.39, 0.29) is 0 Å². The minimum atomic E-state index is -0.791. The normalized spacial score (nSPS) is 27.0. The average Bonchev–Trinajstić information content (AvgIpc) is 2.30. The molecule has 5 heteroatoms. The van der Waals surface area contributed by atoms with Crippen LogP contribution in [0.1, 0.15) is 33.1 Å². The molecule has 0 spiro atoms. The Labute approximate surface area is 112 Å². The molecule has 1 aromatic carbocycles. The largest absolute Gasteiger partial charge is 0.382 e. The predicted molar refractivity (Wildman–Crippen MR) is 72.6 cm³/mol. The molecule has 1 aromatic rings. The number of nitro benzene ring substituents is 1. The maximum absolute atomic E-state index is 13.3. The van der Waals surface area contributed by atoms with Crippen molar-refractivity contribution in [3.05, 3.63) is 34.1 Å². The first-order chi connectivity index (χ1) is 8.95. The molecular weight excluding hydrogens is 247 g/mol. The van der Waals surface area contributed by atoms with Crippen molar-refractivity contribution < 1.29 is 9.31 Å². The monoisotopic (exact) mass is 266 g/mol. The molecule has 2 unspecified atom stereocenters. The summed E-state index contributed by atoms with van der Waals surface area (Å²) in [6, 6.07) is 4.30. The Kier molecular flexibility index (Phi) is 4.02. The van der Waals surface area contributed by atoms with Crippen LogP contribution in [0.3, 0.4) is 0 Å². The molecule has 0 amide bonds. The van der Waals surface area contributed by atoms with Crippen molar-refractivity contribution in [2.75, 3.05) is 5.32 Å². The van der Waals surface area contributed by atoms with Crippen molar-refractivity contribution >= 4 is 11.4 Å². The molecule has 2 rings (SSSR count). The first kappa shape index (κ1) is 13.8. The van der Waals surface area contributed by atoms with Gasteiger partial charge in [-0.1, -0.05) is 13.8 Å². The molecular formula is C14H19FN2O2. The van der Waals surface area contributed by atoms with Gasteiger partial charge in [0.2, 0.25) is 5.82 Å². The summed E-state index contributed by atoms with van der Waals surface area (Å²) in [5.41, 5.74) is 0.154. The van der Waals surface area contributed by atoms with E-state index in [1.807, 2.05) is 0 Å². The summed E-state index contributed by atoms with van der Waals surface area (Å²) < 4.78 is 13.3. The molecule has 19 heavy (non-hydrogen) atoms. The lowest BCUT2D eigenvalue weighted by atomic mass is 9.80. The van der Waals surface area contributed by atoms with Crippen LogP contribution < -0.4 is 5.32 Å². The number of benzene rings is 1. The minimum absolute atomic E-state index is 0.309. The molecule has 0 bridgehead atoms. The van der Waals surface area contributed by atoms with Crippen molar-refractivity contribution in [3.8, 4) is 0 Å². The van der Waals surface area contributed by atoms with E-state index in [1.54, 1.807) is 6.07 Å². The Morgan fingerprint density at radius 2 is 1.89 bits per heavy atom. The van der Waals surface area contributed by atoms with Gasteiger partial charge < -0.3 is 5.32 Å². The zero-order chi connectivity index (χ0) is 14.0. The molecule has 0 heterocycles. The Balaban J connectivity index is 2.10. The summed E-state index contributed by atoms with van der Waals surface area (Å²) in [6.45, 7) is 4.44. The second-order valence-corrected chi connectivity index (χ2v) is 5.68. The summed E-state index contributed by atoms with van der Waals surface area (Å²) in [5, 5.41) is 14.0. The first-order valence-corrected chi connectivity index (χ1v) is 6.66. The predicted octanol–water partition coefficient (Wildman–Crippen LogP) is 3.97. The van der Waals surface area contributed by atoms with Crippen molar-refractivity contribution in [2.24, 2.45) is 11.8 Å². The number of halogens is 1. The van der Waals surface area contributed by atoms with E-state index >= 15 is 0 Å². The van der Waals surface area contributed by atoms with Crippen molar-refractivity contribution in [1.29, 1.82) is 0 Å². The Hall–Kier alpha value is -1.65. The molecule has 0 saturated heterocycles. The van der Waals surface area contributed by atoms with Gasteiger partial charge >= 0.3 is 5.69 Å². The first-order valence-electron chi connectivity index (χ1n) is 6.66. The molecule has 1 aliphatic rings. The van der Waals surface area contributed by atoms with Gasteiger partial charge in [0.15, 0.2) is 0 Å². The number of nitrogens with zero attached hydrogens (tertiary/aromatic N) is 1. The number of hydrogen-bond donors (Lipinski definition) is 1. The topological polar surface area (TPSA) is 55.2 Å². The summed E-state index contributed by atoms with van der Waals surface area (Å²) in [4.78, 5) is 10.0. The van der Waals surface area contributed by atoms with Crippen LogP contribution in [-0.4, -0.2) is 11.0 Å². The van der Waals surface area contributed by atoms with Crippen LogP contribution in [0.2, 0.25) is 0 Å². The Morgan fingerprint density at radius 3 is 2.47 bits per heavy atom. The maximum Gasteiger partial charge on any atom is 0.306 e. The van der Waals surface area contributed by atoms with E-state index in [0.717, 1.165) is 18.9 Å². The van der Waals surface area contributed by atoms with Crippen LogP contribution in [-0.2, 0) is 0 Å². The summed E-state index contributed by atoms with van der Waals surface area (Å²) >= 11 is 0. The highest BCUT2D eigenvalue weighted by Gasteiger charge is 2.24. The molecule has 0 aliphatic heterocycles. The molecule has 1 fully saturated rings. The smallest absolute Gasteiger partial charge is 0.306 e. The van der Waals surface area contributed by atoms with E-state index in [2.05, 4.69) is 19.2 Å². The summed E-state index contributed by atoms with van der Waals surface area (Å²) in [6.07, 6.45) is 3.33. The highest BCUT2D eigenvalue weighted by Crippen LogP contribution is 2.31. The fourth-order valence-electron chi connectivity index (χ4n) is 3.04. The summed E-state index contributed by atoms with van der Waals surface area (Å²) in [5.74, 6) is 0.509. The van der Waals surface area contributed by atoms with Gasteiger partial charge in [0.1, 0.15) is 0 Å². The third-order valence-corrected chi connectivity index (χ3v) is 3.69. The van der Waals surface area contributed by atoms with Crippen LogP contribution in [0.4, 0.5) is 15.8 Å². The van der Waals surface area contributed by atoms with Crippen LogP contribution in [0, 0.1) is 27.8 Å². The maximum atomic E-state index is 13.3. The van der Waals surface area contributed by atoms with Gasteiger partial charge in [0.05, 0.1) is 4.92 Å². The zero-order valence-electron chi connectivity index (χ0n) is 11.2. The van der Waals surface area contributed by atoms with E-state index in [0.29, 0.717) is 23.6 Å². The molecule has 1 aliphatic carbocycles. The van der Waals surface area contributed by atoms with E-state index in [4.69, 9.17) is 0 Å². The third kappa shape index (κ3) is 3.43. The second-order valence-electron chi connectivity index (χ2n) is 5.68. The highest BCUT2D eigenvalue weighted by atomic mass is 19.1. The van der Waals surface area contributed by atoms with Gasteiger partial charge in [-0.25, -0.2) is 0 Å². The van der Waals surface area contributed by atoms with E-state index in [9.17, 15) is 14.5 Å². The number of nitro groups is 1. The SMILES string of the molecule is CC1CC(C)CC(Nc2ccc(F)c([N+](=O)[O-])c2)C1. The number of nitrogens with one attached hydrogen (secondary N) is 1. The lowest BCUT2D eigenvalue weighted by Crippen LogP contribution is -2.30. The average molecular weight is 266 g/mol. The van der Waals surface area contributed by atoms with Gasteiger partial charge in [-0.05, 0) is 43.2 Å². The second kappa shape index (κ2) is 5.55. The molecule has 0 radical (unpaired) electrons. The Bertz CT molecular complexity index is 469. The fraction of sp³-hybridized carbons (Fsp3) is 0.571. The quantitative estimate of drug-likeness (QED) is 0.665. The molecule has 4 nitrogen and oxygen atoms in total.